The summed E-state index contributed by atoms with van der Waals surface area (Å²) in [6.45, 7) is 9.93. The third-order valence-corrected chi connectivity index (χ3v) is 25.6. The summed E-state index contributed by atoms with van der Waals surface area (Å²) in [6, 6.07) is 20.4. The molecule has 0 aromatic carbocycles. The molecule has 11 aromatic heterocycles. The Labute approximate surface area is 810 Å². The summed E-state index contributed by atoms with van der Waals surface area (Å²) in [5.41, 5.74) is 31.2. The summed E-state index contributed by atoms with van der Waals surface area (Å²) < 4.78 is 25.8. The number of aromatic nitrogens is 23. The van der Waals surface area contributed by atoms with E-state index < -0.39 is 19.1 Å². The number of fused-ring (bicyclic) bond motifs is 4. The van der Waals surface area contributed by atoms with Gasteiger partial charge in [-0.25, -0.2) is 9.59 Å². The van der Waals surface area contributed by atoms with E-state index in [4.69, 9.17) is 40.5 Å². The van der Waals surface area contributed by atoms with E-state index in [1.807, 2.05) is 57.2 Å². The second kappa shape index (κ2) is 50.2. The highest BCUT2D eigenvalue weighted by Gasteiger charge is 2.37. The molecule has 131 heavy (non-hydrogen) atoms. The average molecular weight is 2150 g/mol. The molecular formula is C91H104Br5Cl2FN26O6. The van der Waals surface area contributed by atoms with Gasteiger partial charge in [0, 0.05) is 166 Å². The van der Waals surface area contributed by atoms with Gasteiger partial charge in [0.1, 0.15) is 0 Å². The zero-order valence-electron chi connectivity index (χ0n) is 74.0. The maximum atomic E-state index is 12.3. The molecule has 8 aliphatic rings. The number of unbranched alkanes of at least 4 members (excludes halogenated alkanes) is 4. The molecule has 0 aliphatic heterocycles. The van der Waals surface area contributed by atoms with Crippen LogP contribution in [0.3, 0.4) is 0 Å². The number of hydrogen-bond acceptors (Lipinski definition) is 24. The highest BCUT2D eigenvalue weighted by molar-refractivity contribution is 9.93. The normalized spacial score (nSPS) is 14.7. The molecule has 0 spiro atoms. The lowest BCUT2D eigenvalue weighted by molar-refractivity contribution is 0.0679. The first kappa shape index (κ1) is 98.5. The van der Waals surface area contributed by atoms with Crippen LogP contribution in [0.4, 0.5) is 4.39 Å². The molecule has 6 N–H and O–H groups in total. The standard InChI is InChI=1S/2C24H26BrN7O.C17H18BrN5O2.C17H19N5O2.C7H10N2.CH2Cl2.CH3F.Br2/c2*1-15-5-6-16(12-26-15)13-27-24(33)22-14-32(31-30-22)9-3-2-4-18-10-20-21(29-28-18)11-19(23(20)25)17-7-8-17;18-16-12(10-4-5-10)8-14-13(16)7-11(19-20-14)3-1-2-6-23-9-15(17(24)25)21-22-23;23-17(24)16-10-22(21-20-16)6-2-1-3-14-8-13-7-12(11-4-5-11)9-15(13)19-18-14;1-6-2-3-7(4-8)5-9-6;2-1-3;2*1-2/h2*5-6,10,12,14,17H,2-4,7-9,11,13H2,1H3,(H,27,33);7,9-10H,1-6,8H2,(H,24,25);7-8,10-11H,1-6,9H2,(H,23,24);2-3,5H,4,8H2,1H3;1H2;1H3;/i;;;;;;1D;. The van der Waals surface area contributed by atoms with Gasteiger partial charge in [-0.1, -0.05) is 98.5 Å². The summed E-state index contributed by atoms with van der Waals surface area (Å²) in [7, 11) is -1.00. The molecule has 11 aromatic rings. The number of halogens is 8. The van der Waals surface area contributed by atoms with Gasteiger partial charge in [0.05, 0.1) is 84.2 Å². The van der Waals surface area contributed by atoms with Gasteiger partial charge >= 0.3 is 11.9 Å². The van der Waals surface area contributed by atoms with Crippen molar-refractivity contribution in [2.45, 2.75) is 221 Å². The number of aromatic carboxylic acids is 2. The van der Waals surface area contributed by atoms with E-state index >= 15 is 0 Å². The Kier molecular flexibility index (Phi) is 37.8. The Bertz CT molecular complexity index is 5680. The van der Waals surface area contributed by atoms with Crippen molar-refractivity contribution in [1.82, 2.24) is 126 Å². The minimum Gasteiger partial charge on any atom is -0.476 e. The lowest BCUT2D eigenvalue weighted by Crippen LogP contribution is -2.23. The molecule has 0 saturated heterocycles. The molecule has 0 unspecified atom stereocenters. The third-order valence-electron chi connectivity index (χ3n) is 22.8. The third kappa shape index (κ3) is 30.0. The van der Waals surface area contributed by atoms with Crippen molar-refractivity contribution >= 4 is 143 Å². The lowest BCUT2D eigenvalue weighted by atomic mass is 10.1. The minimum atomic E-state index is -1.05. The summed E-state index contributed by atoms with van der Waals surface area (Å²) in [5, 5.41) is 89.9. The number of nitrogens with two attached hydrogens (primary N) is 1. The number of pyridine rings is 3. The highest BCUT2D eigenvalue weighted by atomic mass is 80.9. The van der Waals surface area contributed by atoms with E-state index in [2.05, 4.69) is 214 Å². The monoisotopic (exact) mass is 2140 g/mol. The number of amides is 2. The average Bonchev–Trinajstić information content (AvgIpc) is 1.63. The zero-order chi connectivity index (χ0) is 93.6. The van der Waals surface area contributed by atoms with Crippen molar-refractivity contribution in [2.75, 3.05) is 12.5 Å². The summed E-state index contributed by atoms with van der Waals surface area (Å²) in [4.78, 5) is 58.7. The van der Waals surface area contributed by atoms with Crippen molar-refractivity contribution in [3.8, 4) is 0 Å². The van der Waals surface area contributed by atoms with E-state index in [1.54, 1.807) is 49.7 Å². The SMILES string of the molecule is BrBr.Cc1ccc(CN)cn1.Cc1ccc(CNC(=O)c2cn(CCCCc3cc4c(nn3)CC(C3CC3)=C4Br)nn2)cn1.Cc1ccc(CNC(=O)c2cn(CCCCc3cc4c(nn3)CC(C3CC3)=C4Br)nn2)cn1.ClCCl.O=C(O)c1cn(CCCCc2cc3c(nn2)CC(C2CC2)=C3)nn1.O=C(O)c1cn(CCCCc2cc3c(nn2)CC(C2CC2)=C3Br)nn1.[2H]CF. The minimum absolute atomic E-state index is 0.0160. The molecule has 11 heterocycles. The van der Waals surface area contributed by atoms with Crippen molar-refractivity contribution in [3.05, 3.63) is 251 Å². The van der Waals surface area contributed by atoms with E-state index in [9.17, 15) is 23.6 Å². The first-order valence-electron chi connectivity index (χ1n) is 44.3. The van der Waals surface area contributed by atoms with Crippen molar-refractivity contribution in [3.63, 3.8) is 0 Å². The fourth-order valence-electron chi connectivity index (χ4n) is 15.0. The van der Waals surface area contributed by atoms with Crippen LogP contribution >= 0.6 is 99.2 Å². The molecular weight excluding hydrogens is 2040 g/mol. The number of carbonyl (C=O) groups is 4. The van der Waals surface area contributed by atoms with Crippen LogP contribution in [0.15, 0.2) is 126 Å². The molecule has 2 amide bonds. The Hall–Kier alpha value is -9.96. The van der Waals surface area contributed by atoms with Crippen LogP contribution in [0, 0.1) is 44.4 Å². The number of carbonyl (C=O) groups excluding carboxylic acids is 2. The molecule has 0 atom stereocenters. The molecule has 8 aliphatic carbocycles. The molecule has 40 heteroatoms. The second-order valence-electron chi connectivity index (χ2n) is 32.9. The van der Waals surface area contributed by atoms with Crippen molar-refractivity contribution in [2.24, 2.45) is 29.4 Å². The van der Waals surface area contributed by atoms with Crippen LogP contribution in [-0.2, 0) is 97.2 Å². The van der Waals surface area contributed by atoms with Gasteiger partial charge in [-0.3, -0.25) is 47.7 Å². The Morgan fingerprint density at radius 2 is 0.748 bits per heavy atom. The number of aryl methyl sites for hydroxylation is 11. The van der Waals surface area contributed by atoms with Crippen molar-refractivity contribution < 1.29 is 35.2 Å². The number of rotatable bonds is 33. The first-order valence-corrected chi connectivity index (χ1v) is 50.7. The van der Waals surface area contributed by atoms with Gasteiger partial charge in [-0.2, -0.15) is 40.8 Å². The molecule has 0 radical (unpaired) electrons. The largest absolute Gasteiger partial charge is 0.476 e. The van der Waals surface area contributed by atoms with Gasteiger partial charge < -0.3 is 26.6 Å². The molecule has 0 bridgehead atoms. The first-order chi connectivity index (χ1) is 64.1. The molecule has 19 rings (SSSR count). The number of allylic oxidation sites excluding steroid dienone is 4. The van der Waals surface area contributed by atoms with Crippen LogP contribution in [-0.4, -0.2) is 162 Å². The molecule has 32 nitrogen and oxygen atoms in total. The van der Waals surface area contributed by atoms with Gasteiger partial charge in [-0.15, -0.1) is 43.6 Å². The zero-order valence-corrected chi connectivity index (χ0v) is 82.4. The molecule has 4 fully saturated rings. The number of carboxylic acid groups (broad SMARTS) is 2. The predicted octanol–water partition coefficient (Wildman–Crippen LogP) is 17.1. The highest BCUT2D eigenvalue weighted by Crippen LogP contribution is 2.51. The number of alkyl halides is 3. The van der Waals surface area contributed by atoms with Crippen LogP contribution in [0.5, 0.6) is 0 Å². The quantitative estimate of drug-likeness (QED) is 0.0188. The Balaban J connectivity index is 0.000000151. The fraction of sp³-hybridized carbons (Fsp3) is 0.440. The van der Waals surface area contributed by atoms with Crippen LogP contribution in [0.25, 0.3) is 19.5 Å². The van der Waals surface area contributed by atoms with E-state index in [0.717, 1.165) is 206 Å². The van der Waals surface area contributed by atoms with E-state index in [0.29, 0.717) is 57.2 Å². The second-order valence-corrected chi connectivity index (χ2v) is 36.1. The van der Waals surface area contributed by atoms with Crippen LogP contribution in [0.2, 0.25) is 0 Å². The number of nitrogens with one attached hydrogen (secondary N) is 2. The molecule has 4 saturated carbocycles. The maximum Gasteiger partial charge on any atom is 0.358 e. The smallest absolute Gasteiger partial charge is 0.358 e. The fourth-order valence-corrected chi connectivity index (χ4v) is 17.4. The predicted molar refractivity (Wildman–Crippen MR) is 514 cm³/mol. The lowest BCUT2D eigenvalue weighted by Gasteiger charge is -2.04. The number of carboxylic acids is 2. The van der Waals surface area contributed by atoms with Crippen LogP contribution < -0.4 is 16.4 Å². The summed E-state index contributed by atoms with van der Waals surface area (Å²) in [5.74, 6) is 0.444. The topological polar surface area (TPSA) is 423 Å². The number of nitrogens with zero attached hydrogens (tertiary/aromatic N) is 23. The van der Waals surface area contributed by atoms with E-state index in [-0.39, 0.29) is 28.5 Å². The number of hydrogen-bond donors (Lipinski definition) is 5. The summed E-state index contributed by atoms with van der Waals surface area (Å²) in [6.07, 6.45) is 39.1. The maximum absolute atomic E-state index is 12.3. The van der Waals surface area contributed by atoms with Gasteiger partial charge in [0.2, 0.25) is 0 Å². The van der Waals surface area contributed by atoms with Gasteiger partial charge in [0.15, 0.2) is 22.8 Å². The van der Waals surface area contributed by atoms with Gasteiger partial charge in [-0.05, 0) is 254 Å². The Morgan fingerprint density at radius 3 is 1.05 bits per heavy atom. The van der Waals surface area contributed by atoms with E-state index in [1.165, 1.54) is 122 Å². The van der Waals surface area contributed by atoms with Gasteiger partial charge in [0.25, 0.3) is 11.8 Å². The molecule has 690 valence electrons. The van der Waals surface area contributed by atoms with Crippen molar-refractivity contribution in [1.29, 1.82) is 0 Å². The Morgan fingerprint density at radius 1 is 0.443 bits per heavy atom. The summed E-state index contributed by atoms with van der Waals surface area (Å²) >= 11 is 26.4. The van der Waals surface area contributed by atoms with Crippen LogP contribution in [0.1, 0.15) is 248 Å².